The summed E-state index contributed by atoms with van der Waals surface area (Å²) >= 11 is 0. The molecule has 164 valence electrons. The summed E-state index contributed by atoms with van der Waals surface area (Å²) in [6.07, 6.45) is 1.27. The van der Waals surface area contributed by atoms with Gasteiger partial charge in [0.05, 0.1) is 12.5 Å². The van der Waals surface area contributed by atoms with Crippen LogP contribution in [0.4, 0.5) is 0 Å². The van der Waals surface area contributed by atoms with Crippen molar-refractivity contribution in [3.63, 3.8) is 0 Å². The minimum absolute atomic E-state index is 0.0117. The van der Waals surface area contributed by atoms with Gasteiger partial charge in [0.15, 0.2) is 0 Å². The molecule has 0 radical (unpaired) electrons. The standard InChI is InChI=1S/C24H34N2O4/c1-24(2,26-17-22(28)20-8-10-21(27)11-9-20)16-19-7-4-6-18(14-19)15-23(29)25-12-5-13-30-3/h4,6-11,14,22,26-28H,5,12-13,15-17H2,1-3H3,(H,25,29). The Kier molecular flexibility index (Phi) is 9.30. The van der Waals surface area contributed by atoms with Crippen molar-refractivity contribution in [2.75, 3.05) is 26.8 Å². The molecule has 1 amide bonds. The van der Waals surface area contributed by atoms with Crippen molar-refractivity contribution in [1.29, 1.82) is 0 Å². The maximum Gasteiger partial charge on any atom is 0.224 e. The predicted octanol–water partition coefficient (Wildman–Crippen LogP) is 2.73. The largest absolute Gasteiger partial charge is 0.508 e. The van der Waals surface area contributed by atoms with E-state index in [-0.39, 0.29) is 17.2 Å². The number of ether oxygens (including phenoxy) is 1. The van der Waals surface area contributed by atoms with Crippen LogP contribution in [0, 0.1) is 0 Å². The molecule has 0 fully saturated rings. The summed E-state index contributed by atoms with van der Waals surface area (Å²) in [4.78, 5) is 12.1. The van der Waals surface area contributed by atoms with Gasteiger partial charge in [-0.3, -0.25) is 4.79 Å². The topological polar surface area (TPSA) is 90.8 Å². The van der Waals surface area contributed by atoms with Crippen molar-refractivity contribution < 1.29 is 19.7 Å². The zero-order valence-electron chi connectivity index (χ0n) is 18.1. The molecule has 0 aliphatic rings. The predicted molar refractivity (Wildman–Crippen MR) is 119 cm³/mol. The summed E-state index contributed by atoms with van der Waals surface area (Å²) in [5, 5.41) is 26.1. The van der Waals surface area contributed by atoms with Crippen molar-refractivity contribution in [1.82, 2.24) is 10.6 Å². The minimum atomic E-state index is -0.655. The van der Waals surface area contributed by atoms with Gasteiger partial charge in [0.2, 0.25) is 5.91 Å². The van der Waals surface area contributed by atoms with Crippen molar-refractivity contribution in [3.05, 3.63) is 65.2 Å². The molecular weight excluding hydrogens is 380 g/mol. The van der Waals surface area contributed by atoms with Gasteiger partial charge in [0, 0.05) is 32.3 Å². The van der Waals surface area contributed by atoms with Crippen molar-refractivity contribution in [2.45, 2.75) is 44.8 Å². The summed E-state index contributed by atoms with van der Waals surface area (Å²) in [6.45, 7) is 5.84. The molecule has 0 aliphatic heterocycles. The fraction of sp³-hybridized carbons (Fsp3) is 0.458. The molecule has 2 aromatic rings. The van der Waals surface area contributed by atoms with Crippen LogP contribution in [0.2, 0.25) is 0 Å². The first kappa shape index (κ1) is 23.9. The molecule has 0 spiro atoms. The molecule has 0 saturated carbocycles. The average Bonchev–Trinajstić information content (AvgIpc) is 2.70. The fourth-order valence-electron chi connectivity index (χ4n) is 3.30. The van der Waals surface area contributed by atoms with Crippen molar-refractivity contribution in [3.8, 4) is 5.75 Å². The highest BCUT2D eigenvalue weighted by Crippen LogP contribution is 2.19. The Morgan fingerprint density at radius 2 is 1.83 bits per heavy atom. The zero-order chi connectivity index (χ0) is 22.0. The summed E-state index contributed by atoms with van der Waals surface area (Å²) < 4.78 is 4.99. The molecule has 0 heterocycles. The average molecular weight is 415 g/mol. The normalized spacial score (nSPS) is 12.5. The number of benzene rings is 2. The number of amides is 1. The minimum Gasteiger partial charge on any atom is -0.508 e. The molecule has 2 rings (SSSR count). The molecular formula is C24H34N2O4. The van der Waals surface area contributed by atoms with Gasteiger partial charge in [-0.25, -0.2) is 0 Å². The maximum absolute atomic E-state index is 12.1. The van der Waals surface area contributed by atoms with E-state index in [1.54, 1.807) is 31.4 Å². The summed E-state index contributed by atoms with van der Waals surface area (Å²) in [7, 11) is 1.65. The number of methoxy groups -OCH3 is 1. The summed E-state index contributed by atoms with van der Waals surface area (Å²) in [5.74, 6) is 0.195. The number of aliphatic hydroxyl groups is 1. The van der Waals surface area contributed by atoms with Gasteiger partial charge in [-0.15, -0.1) is 0 Å². The fourth-order valence-corrected chi connectivity index (χ4v) is 3.30. The first-order valence-corrected chi connectivity index (χ1v) is 10.3. The number of β-amino-alcohol motifs (C(OH)–C–C–N with tert-alkyl or cyclic N) is 1. The molecule has 6 heteroatoms. The number of carbonyl (C=O) groups excluding carboxylic acids is 1. The van der Waals surface area contributed by atoms with E-state index in [0.29, 0.717) is 26.1 Å². The molecule has 6 nitrogen and oxygen atoms in total. The number of phenolic OH excluding ortho intramolecular Hbond substituents is 1. The van der Waals surface area contributed by atoms with E-state index in [1.165, 1.54) is 0 Å². The second kappa shape index (κ2) is 11.7. The lowest BCUT2D eigenvalue weighted by molar-refractivity contribution is -0.120. The van der Waals surface area contributed by atoms with Crippen LogP contribution in [0.3, 0.4) is 0 Å². The molecule has 0 saturated heterocycles. The van der Waals surface area contributed by atoms with E-state index in [1.807, 2.05) is 12.1 Å². The first-order valence-electron chi connectivity index (χ1n) is 10.3. The van der Waals surface area contributed by atoms with E-state index in [0.717, 1.165) is 29.5 Å². The zero-order valence-corrected chi connectivity index (χ0v) is 18.1. The quantitative estimate of drug-likeness (QED) is 0.401. The maximum atomic E-state index is 12.1. The highest BCUT2D eigenvalue weighted by Gasteiger charge is 2.20. The Morgan fingerprint density at radius 3 is 2.53 bits per heavy atom. The molecule has 0 bridgehead atoms. The molecule has 30 heavy (non-hydrogen) atoms. The Balaban J connectivity index is 1.86. The van der Waals surface area contributed by atoms with Gasteiger partial charge >= 0.3 is 0 Å². The first-order chi connectivity index (χ1) is 14.3. The highest BCUT2D eigenvalue weighted by molar-refractivity contribution is 5.78. The van der Waals surface area contributed by atoms with Crippen LogP contribution in [0.25, 0.3) is 0 Å². The molecule has 4 N–H and O–H groups in total. The van der Waals surface area contributed by atoms with Crippen LogP contribution in [0.5, 0.6) is 5.75 Å². The van der Waals surface area contributed by atoms with Gasteiger partial charge in [-0.2, -0.15) is 0 Å². The SMILES string of the molecule is COCCCNC(=O)Cc1cccc(CC(C)(C)NCC(O)c2ccc(O)cc2)c1. The number of carbonyl (C=O) groups is 1. The van der Waals surface area contributed by atoms with Crippen molar-refractivity contribution >= 4 is 5.91 Å². The highest BCUT2D eigenvalue weighted by atomic mass is 16.5. The molecule has 1 unspecified atom stereocenters. The van der Waals surface area contributed by atoms with E-state index >= 15 is 0 Å². The van der Waals surface area contributed by atoms with E-state index < -0.39 is 6.10 Å². The molecule has 0 aromatic heterocycles. The number of aliphatic hydroxyl groups excluding tert-OH is 1. The van der Waals surface area contributed by atoms with E-state index in [4.69, 9.17) is 4.74 Å². The van der Waals surface area contributed by atoms with Crippen LogP contribution in [0.15, 0.2) is 48.5 Å². The lowest BCUT2D eigenvalue weighted by atomic mass is 9.93. The Labute approximate surface area is 179 Å². The Morgan fingerprint density at radius 1 is 1.13 bits per heavy atom. The van der Waals surface area contributed by atoms with Gasteiger partial charge in [0.25, 0.3) is 0 Å². The Bertz CT molecular complexity index is 790. The van der Waals surface area contributed by atoms with Crippen LogP contribution < -0.4 is 10.6 Å². The van der Waals surface area contributed by atoms with E-state index in [2.05, 4.69) is 36.6 Å². The van der Waals surface area contributed by atoms with Crippen LogP contribution in [0.1, 0.15) is 43.1 Å². The van der Waals surface area contributed by atoms with Crippen LogP contribution in [-0.4, -0.2) is 48.5 Å². The third-order valence-corrected chi connectivity index (χ3v) is 4.90. The lowest BCUT2D eigenvalue weighted by Gasteiger charge is -2.28. The lowest BCUT2D eigenvalue weighted by Crippen LogP contribution is -2.43. The van der Waals surface area contributed by atoms with Gasteiger partial charge < -0.3 is 25.6 Å². The molecule has 0 aliphatic carbocycles. The molecule has 2 aromatic carbocycles. The third kappa shape index (κ3) is 8.53. The third-order valence-electron chi connectivity index (χ3n) is 4.90. The van der Waals surface area contributed by atoms with E-state index in [9.17, 15) is 15.0 Å². The second-order valence-corrected chi connectivity index (χ2v) is 8.24. The van der Waals surface area contributed by atoms with Gasteiger partial charge in [-0.05, 0) is 55.5 Å². The van der Waals surface area contributed by atoms with Crippen molar-refractivity contribution in [2.24, 2.45) is 0 Å². The Hall–Kier alpha value is -2.41. The number of hydrogen-bond acceptors (Lipinski definition) is 5. The van der Waals surface area contributed by atoms with Gasteiger partial charge in [0.1, 0.15) is 5.75 Å². The summed E-state index contributed by atoms with van der Waals surface area (Å²) in [5.41, 5.74) is 2.64. The summed E-state index contributed by atoms with van der Waals surface area (Å²) in [6, 6.07) is 14.6. The monoisotopic (exact) mass is 414 g/mol. The smallest absolute Gasteiger partial charge is 0.224 e. The number of rotatable bonds is 12. The number of aromatic hydroxyl groups is 1. The molecule has 1 atom stereocenters. The number of hydrogen-bond donors (Lipinski definition) is 4. The van der Waals surface area contributed by atoms with Crippen LogP contribution >= 0.6 is 0 Å². The number of nitrogens with one attached hydrogen (secondary N) is 2. The second-order valence-electron chi connectivity index (χ2n) is 8.24. The van der Waals surface area contributed by atoms with Gasteiger partial charge in [-0.1, -0.05) is 36.4 Å². The van der Waals surface area contributed by atoms with Crippen LogP contribution in [-0.2, 0) is 22.4 Å². The number of phenols is 1.